The van der Waals surface area contributed by atoms with Crippen LogP contribution in [0.25, 0.3) is 0 Å². The Morgan fingerprint density at radius 2 is 1.94 bits per heavy atom. The number of hydrogen-bond donors (Lipinski definition) is 0. The fraction of sp³-hybridized carbons (Fsp3) is 0.690. The Balaban J connectivity index is 2.09. The Hall–Kier alpha value is -1.73. The molecule has 0 N–H and O–H groups in total. The largest absolute Gasteiger partial charge is 0.543 e. The van der Waals surface area contributed by atoms with Gasteiger partial charge in [-0.15, -0.1) is 0 Å². The summed E-state index contributed by atoms with van der Waals surface area (Å²) >= 11 is 0. The summed E-state index contributed by atoms with van der Waals surface area (Å²) in [6.45, 7) is 18.0. The van der Waals surface area contributed by atoms with E-state index >= 15 is 0 Å². The van der Waals surface area contributed by atoms with Crippen molar-refractivity contribution in [1.82, 2.24) is 0 Å². The van der Waals surface area contributed by atoms with Gasteiger partial charge in [0.1, 0.15) is 23.4 Å². The smallest absolute Gasteiger partial charge is 0.250 e. The molecule has 1 saturated carbocycles. The molecule has 182 valence electrons. The zero-order chi connectivity index (χ0) is 24.4. The maximum Gasteiger partial charge on any atom is 0.250 e. The predicted octanol–water partition coefficient (Wildman–Crippen LogP) is 7.87. The summed E-state index contributed by atoms with van der Waals surface area (Å²) in [5.74, 6) is 9.37. The van der Waals surface area contributed by atoms with E-state index in [2.05, 4.69) is 78.6 Å². The summed E-state index contributed by atoms with van der Waals surface area (Å²) in [5.41, 5.74) is 1.87. The Morgan fingerprint density at radius 1 is 1.21 bits per heavy atom. The summed E-state index contributed by atoms with van der Waals surface area (Å²) in [6.07, 6.45) is 8.48. The molecule has 4 heteroatoms. The van der Waals surface area contributed by atoms with Crippen LogP contribution in [0, 0.1) is 23.7 Å². The number of hydrogen-bond acceptors (Lipinski definition) is 3. The molecule has 1 aromatic rings. The maximum absolute atomic E-state index is 11.7. The number of benzene rings is 1. The number of unbranched alkanes of at least 4 members (excludes halogenated alkanes) is 3. The monoisotopic (exact) mass is 468 g/mol. The molecule has 0 aromatic heterocycles. The average molecular weight is 469 g/mol. The molecule has 3 nitrogen and oxygen atoms in total. The molecule has 3 rings (SSSR count). The lowest BCUT2D eigenvalue weighted by atomic mass is 9.64. The molecule has 3 atom stereocenters. The minimum atomic E-state index is -2.07. The second-order valence-corrected chi connectivity index (χ2v) is 16.9. The quantitative estimate of drug-likeness (QED) is 0.184. The summed E-state index contributed by atoms with van der Waals surface area (Å²) in [7, 11) is -2.07. The van der Waals surface area contributed by atoms with Crippen LogP contribution in [0.5, 0.6) is 11.5 Å². The molecular formula is C29H44O3Si. The molecule has 0 radical (unpaired) electrons. The molecule has 1 aliphatic heterocycles. The van der Waals surface area contributed by atoms with Gasteiger partial charge in [-0.2, -0.15) is 0 Å². The minimum Gasteiger partial charge on any atom is -0.543 e. The van der Waals surface area contributed by atoms with Gasteiger partial charge in [0.15, 0.2) is 0 Å². The van der Waals surface area contributed by atoms with Gasteiger partial charge in [0, 0.05) is 29.4 Å². The fourth-order valence-electron chi connectivity index (χ4n) is 5.10. The molecule has 0 saturated heterocycles. The second kappa shape index (κ2) is 9.86. The van der Waals surface area contributed by atoms with E-state index in [4.69, 9.17) is 9.16 Å². The van der Waals surface area contributed by atoms with E-state index in [0.717, 1.165) is 55.5 Å². The van der Waals surface area contributed by atoms with Crippen LogP contribution in [0.4, 0.5) is 0 Å². The first kappa shape index (κ1) is 25.9. The highest BCUT2D eigenvalue weighted by Gasteiger charge is 2.49. The Morgan fingerprint density at radius 3 is 2.58 bits per heavy atom. The highest BCUT2D eigenvalue weighted by atomic mass is 28.4. The van der Waals surface area contributed by atoms with Crippen molar-refractivity contribution in [2.75, 3.05) is 0 Å². The van der Waals surface area contributed by atoms with Gasteiger partial charge in [-0.25, -0.2) is 0 Å². The van der Waals surface area contributed by atoms with Crippen LogP contribution in [0.1, 0.15) is 104 Å². The van der Waals surface area contributed by atoms with Gasteiger partial charge in [0.2, 0.25) is 8.32 Å². The van der Waals surface area contributed by atoms with Crippen molar-refractivity contribution < 1.29 is 14.0 Å². The molecule has 0 spiro atoms. The van der Waals surface area contributed by atoms with Gasteiger partial charge in [-0.1, -0.05) is 52.4 Å². The van der Waals surface area contributed by atoms with E-state index in [-0.39, 0.29) is 22.5 Å². The van der Waals surface area contributed by atoms with Crippen molar-refractivity contribution in [2.45, 2.75) is 116 Å². The Labute approximate surface area is 203 Å². The van der Waals surface area contributed by atoms with E-state index in [9.17, 15) is 4.79 Å². The van der Waals surface area contributed by atoms with Crippen molar-refractivity contribution in [3.8, 4) is 23.3 Å². The maximum atomic E-state index is 11.7. The van der Waals surface area contributed by atoms with Gasteiger partial charge in [0.25, 0.3) is 0 Å². The summed E-state index contributed by atoms with van der Waals surface area (Å²) in [6, 6.07) is 4.26. The molecule has 2 aliphatic rings. The Kier molecular flexibility index (Phi) is 7.74. The van der Waals surface area contributed by atoms with Crippen LogP contribution in [-0.2, 0) is 4.79 Å². The molecule has 0 amide bonds. The van der Waals surface area contributed by atoms with E-state index in [1.54, 1.807) is 0 Å². The lowest BCUT2D eigenvalue weighted by Gasteiger charge is -2.49. The third-order valence-corrected chi connectivity index (χ3v) is 12.5. The summed E-state index contributed by atoms with van der Waals surface area (Å²) in [4.78, 5) is 11.7. The van der Waals surface area contributed by atoms with Crippen LogP contribution in [0.3, 0.4) is 0 Å². The second-order valence-electron chi connectivity index (χ2n) is 12.1. The summed E-state index contributed by atoms with van der Waals surface area (Å²) < 4.78 is 13.6. The zero-order valence-corrected chi connectivity index (χ0v) is 23.1. The molecule has 1 fully saturated rings. The van der Waals surface area contributed by atoms with E-state index < -0.39 is 8.32 Å². The number of rotatable bonds is 6. The first-order valence-electron chi connectivity index (χ1n) is 12.9. The highest BCUT2D eigenvalue weighted by Crippen LogP contribution is 2.56. The number of fused-ring (bicyclic) bond motifs is 3. The molecular weight excluding hydrogens is 424 g/mol. The lowest BCUT2D eigenvalue weighted by molar-refractivity contribution is -0.113. The first-order valence-corrected chi connectivity index (χ1v) is 15.8. The van der Waals surface area contributed by atoms with E-state index in [1.165, 1.54) is 18.4 Å². The minimum absolute atomic E-state index is 0.0911. The lowest BCUT2D eigenvalue weighted by Crippen LogP contribution is -2.48. The normalized spacial score (nSPS) is 23.9. The van der Waals surface area contributed by atoms with Crippen LogP contribution < -0.4 is 9.16 Å². The van der Waals surface area contributed by atoms with Gasteiger partial charge in [-0.3, -0.25) is 0 Å². The third kappa shape index (κ3) is 5.68. The van der Waals surface area contributed by atoms with Crippen molar-refractivity contribution in [3.05, 3.63) is 23.3 Å². The molecule has 0 unspecified atom stereocenters. The van der Waals surface area contributed by atoms with Crippen molar-refractivity contribution in [2.24, 2.45) is 11.8 Å². The van der Waals surface area contributed by atoms with E-state index in [0.29, 0.717) is 5.92 Å². The van der Waals surface area contributed by atoms with Crippen molar-refractivity contribution >= 4 is 14.6 Å². The first-order chi connectivity index (χ1) is 15.4. The van der Waals surface area contributed by atoms with Crippen LogP contribution >= 0.6 is 0 Å². The SMILES string of the molecule is CCCCCC#Cc1cc2c(c(O[Si](C)(C)C(C)(C)C)c1)[C@@H]1C[C@@H](C=O)CC[C@H]1C(C)(C)O2. The third-order valence-electron chi connectivity index (χ3n) is 8.13. The van der Waals surface area contributed by atoms with Gasteiger partial charge in [-0.05, 0) is 75.7 Å². The van der Waals surface area contributed by atoms with Crippen LogP contribution in [0.15, 0.2) is 12.1 Å². The predicted molar refractivity (Wildman–Crippen MR) is 140 cm³/mol. The molecule has 1 heterocycles. The highest BCUT2D eigenvalue weighted by molar-refractivity contribution is 6.74. The van der Waals surface area contributed by atoms with Crippen LogP contribution in [-0.4, -0.2) is 20.2 Å². The summed E-state index contributed by atoms with van der Waals surface area (Å²) in [5, 5.41) is 0.0911. The Bertz CT molecular complexity index is 913. The molecule has 33 heavy (non-hydrogen) atoms. The van der Waals surface area contributed by atoms with Crippen molar-refractivity contribution in [3.63, 3.8) is 0 Å². The number of carbonyl (C=O) groups excluding carboxylic acids is 1. The van der Waals surface area contributed by atoms with Gasteiger partial charge >= 0.3 is 0 Å². The van der Waals surface area contributed by atoms with Crippen LogP contribution in [0.2, 0.25) is 18.1 Å². The number of ether oxygens (including phenoxy) is 1. The van der Waals surface area contributed by atoms with E-state index in [1.807, 2.05) is 0 Å². The molecule has 1 aromatic carbocycles. The molecule has 0 bridgehead atoms. The van der Waals surface area contributed by atoms with Crippen molar-refractivity contribution in [1.29, 1.82) is 0 Å². The fourth-order valence-corrected chi connectivity index (χ4v) is 6.13. The molecule has 1 aliphatic carbocycles. The average Bonchev–Trinajstić information content (AvgIpc) is 2.71. The van der Waals surface area contributed by atoms with Gasteiger partial charge in [0.05, 0.1) is 0 Å². The topological polar surface area (TPSA) is 35.5 Å². The number of aldehydes is 1. The standard InChI is InChI=1S/C29H44O3Si/c1-9-10-11-12-13-14-21-18-25-27(26(19-21)32-33(7,8)28(2,3)4)23-17-22(20-30)15-16-24(23)29(5,6)31-25/h18-20,22-24H,9-12,15-17H2,1-8H3/t22-,23+,24+/m0/s1. The van der Waals surface area contributed by atoms with Gasteiger partial charge < -0.3 is 14.0 Å². The zero-order valence-electron chi connectivity index (χ0n) is 22.1. The number of carbonyl (C=O) groups is 1.